The molecule has 0 aliphatic carbocycles. The fourth-order valence-electron chi connectivity index (χ4n) is 1.54. The summed E-state index contributed by atoms with van der Waals surface area (Å²) in [7, 11) is 0. The topological polar surface area (TPSA) is 34.9 Å². The Morgan fingerprint density at radius 2 is 1.90 bits per heavy atom. The smallest absolute Gasteiger partial charge is 0.298 e. The van der Waals surface area contributed by atoms with Crippen LogP contribution in [0.2, 0.25) is 5.15 Å². The summed E-state index contributed by atoms with van der Waals surface area (Å²) in [5, 5.41) is 2.37. The zero-order chi connectivity index (χ0) is 15.1. The summed E-state index contributed by atoms with van der Waals surface area (Å²) < 4.78 is 64.7. The van der Waals surface area contributed by atoms with Crippen LogP contribution in [0.15, 0.2) is 18.2 Å². The van der Waals surface area contributed by atoms with Gasteiger partial charge in [0, 0.05) is 6.07 Å². The molecule has 0 N–H and O–H groups in total. The number of aldehydes is 1. The van der Waals surface area contributed by atoms with Crippen molar-refractivity contribution in [2.75, 3.05) is 0 Å². The highest BCUT2D eigenvalue weighted by molar-refractivity contribution is 6.32. The Morgan fingerprint density at radius 3 is 2.35 bits per heavy atom. The number of hydrogen-bond acceptors (Lipinski definition) is 2. The van der Waals surface area contributed by atoms with Crippen LogP contribution in [0.3, 0.4) is 0 Å². The van der Waals surface area contributed by atoms with Crippen LogP contribution in [0.25, 0.3) is 5.69 Å². The molecule has 0 fully saturated rings. The highest BCUT2D eigenvalue weighted by Crippen LogP contribution is 2.35. The van der Waals surface area contributed by atoms with Gasteiger partial charge in [-0.3, -0.25) is 4.79 Å². The minimum absolute atomic E-state index is 0.129. The van der Waals surface area contributed by atoms with Gasteiger partial charge in [0.1, 0.15) is 16.7 Å². The molecule has 1 aromatic heterocycles. The Balaban J connectivity index is 2.70. The molecule has 9 heteroatoms. The van der Waals surface area contributed by atoms with Gasteiger partial charge < -0.3 is 0 Å². The monoisotopic (exact) mass is 310 g/mol. The first-order valence-electron chi connectivity index (χ1n) is 5.02. The van der Waals surface area contributed by atoms with Crippen LogP contribution in [0.4, 0.5) is 22.0 Å². The predicted molar refractivity (Wildman–Crippen MR) is 58.9 cm³/mol. The van der Waals surface area contributed by atoms with E-state index >= 15 is 0 Å². The predicted octanol–water partition coefficient (Wildman–Crippen LogP) is 3.64. The maximum Gasteiger partial charge on any atom is 0.435 e. The number of hydrogen-bond donors (Lipinski definition) is 0. The minimum atomic E-state index is -4.93. The number of carbonyl (C=O) groups excluding carboxylic acids is 1. The van der Waals surface area contributed by atoms with Crippen molar-refractivity contribution in [3.63, 3.8) is 0 Å². The molecule has 1 aromatic carbocycles. The number of aromatic nitrogens is 2. The minimum Gasteiger partial charge on any atom is -0.298 e. The molecule has 0 amide bonds. The van der Waals surface area contributed by atoms with E-state index in [-0.39, 0.29) is 6.29 Å². The van der Waals surface area contributed by atoms with E-state index in [1.54, 1.807) is 0 Å². The second-order valence-corrected chi connectivity index (χ2v) is 4.03. The third-order valence-electron chi connectivity index (χ3n) is 2.39. The lowest BCUT2D eigenvalue weighted by Gasteiger charge is -2.04. The molecule has 0 saturated carbocycles. The van der Waals surface area contributed by atoms with E-state index in [9.17, 15) is 26.7 Å². The molecule has 106 valence electrons. The normalized spacial score (nSPS) is 11.7. The summed E-state index contributed by atoms with van der Waals surface area (Å²) in [4.78, 5) is 10.7. The lowest BCUT2D eigenvalue weighted by atomic mass is 10.2. The molecule has 20 heavy (non-hydrogen) atoms. The first-order chi connectivity index (χ1) is 9.25. The first kappa shape index (κ1) is 14.4. The van der Waals surface area contributed by atoms with Crippen molar-refractivity contribution in [2.45, 2.75) is 6.18 Å². The quantitative estimate of drug-likeness (QED) is 0.627. The zero-order valence-electron chi connectivity index (χ0n) is 9.38. The van der Waals surface area contributed by atoms with E-state index < -0.39 is 39.9 Å². The summed E-state index contributed by atoms with van der Waals surface area (Å²) in [5.74, 6) is -2.08. The molecule has 1 heterocycles. The molecule has 0 spiro atoms. The van der Waals surface area contributed by atoms with E-state index in [2.05, 4.69) is 5.10 Å². The van der Waals surface area contributed by atoms with Crippen LogP contribution >= 0.6 is 11.6 Å². The average Bonchev–Trinajstić information content (AvgIpc) is 2.66. The van der Waals surface area contributed by atoms with Gasteiger partial charge in [0.25, 0.3) is 0 Å². The van der Waals surface area contributed by atoms with Crippen molar-refractivity contribution in [1.82, 2.24) is 9.78 Å². The molecule has 0 bridgehead atoms. The van der Waals surface area contributed by atoms with Gasteiger partial charge in [0.05, 0.1) is 5.56 Å². The van der Waals surface area contributed by atoms with Crippen LogP contribution in [-0.2, 0) is 6.18 Å². The van der Waals surface area contributed by atoms with Crippen LogP contribution in [0.5, 0.6) is 0 Å². The Labute approximate surface area is 113 Å². The average molecular weight is 311 g/mol. The Kier molecular flexibility index (Phi) is 3.51. The van der Waals surface area contributed by atoms with Crippen molar-refractivity contribution >= 4 is 17.9 Å². The summed E-state index contributed by atoms with van der Waals surface area (Å²) in [6, 6.07) is 2.14. The van der Waals surface area contributed by atoms with E-state index in [4.69, 9.17) is 11.6 Å². The van der Waals surface area contributed by atoms with Gasteiger partial charge in [0.2, 0.25) is 0 Å². The van der Waals surface area contributed by atoms with Gasteiger partial charge in [0.15, 0.2) is 17.8 Å². The SMILES string of the molecule is O=Cc1c(C(F)(F)F)nn(-c2ccc(F)cc2F)c1Cl. The standard InChI is InChI=1S/C11H4ClF5N2O/c12-10-6(4-20)9(11(15,16)17)18-19(10)8-2-1-5(13)3-7(8)14/h1-4H. The van der Waals surface area contributed by atoms with Crippen molar-refractivity contribution in [2.24, 2.45) is 0 Å². The molecular formula is C11H4ClF5N2O. The number of rotatable bonds is 2. The van der Waals surface area contributed by atoms with Gasteiger partial charge in [-0.15, -0.1) is 0 Å². The highest BCUT2D eigenvalue weighted by Gasteiger charge is 2.39. The zero-order valence-corrected chi connectivity index (χ0v) is 10.1. The summed E-state index contributed by atoms with van der Waals surface area (Å²) in [6.45, 7) is 0. The van der Waals surface area contributed by atoms with E-state index in [1.165, 1.54) is 0 Å². The maximum atomic E-state index is 13.5. The third kappa shape index (κ3) is 2.38. The Bertz CT molecular complexity index is 680. The number of halogens is 6. The first-order valence-corrected chi connectivity index (χ1v) is 5.40. The van der Waals surface area contributed by atoms with Crippen LogP contribution in [0, 0.1) is 11.6 Å². The van der Waals surface area contributed by atoms with Crippen molar-refractivity contribution in [1.29, 1.82) is 0 Å². The van der Waals surface area contributed by atoms with Gasteiger partial charge in [-0.25, -0.2) is 13.5 Å². The molecule has 3 nitrogen and oxygen atoms in total. The molecule has 2 aromatic rings. The molecule has 0 aliphatic heterocycles. The molecule has 2 rings (SSSR count). The van der Waals surface area contributed by atoms with Gasteiger partial charge in [-0.05, 0) is 12.1 Å². The second kappa shape index (κ2) is 4.86. The van der Waals surface area contributed by atoms with Crippen molar-refractivity contribution in [3.8, 4) is 5.69 Å². The third-order valence-corrected chi connectivity index (χ3v) is 2.75. The fraction of sp³-hybridized carbons (Fsp3) is 0.0909. The number of carbonyl (C=O) groups is 1. The Morgan fingerprint density at radius 1 is 1.25 bits per heavy atom. The number of alkyl halides is 3. The number of benzene rings is 1. The molecular weight excluding hydrogens is 307 g/mol. The second-order valence-electron chi connectivity index (χ2n) is 3.68. The highest BCUT2D eigenvalue weighted by atomic mass is 35.5. The molecule has 0 radical (unpaired) electrons. The van der Waals surface area contributed by atoms with Crippen LogP contribution < -0.4 is 0 Å². The number of nitrogens with zero attached hydrogens (tertiary/aromatic N) is 2. The van der Waals surface area contributed by atoms with Gasteiger partial charge in [-0.2, -0.15) is 18.3 Å². The summed E-state index contributed by atoms with van der Waals surface area (Å²) >= 11 is 5.59. The largest absolute Gasteiger partial charge is 0.435 e. The van der Waals surface area contributed by atoms with Gasteiger partial charge in [-0.1, -0.05) is 11.6 Å². The summed E-state index contributed by atoms with van der Waals surface area (Å²) in [6.07, 6.45) is -5.06. The molecule has 0 unspecified atom stereocenters. The van der Waals surface area contributed by atoms with E-state index in [0.717, 1.165) is 12.1 Å². The van der Waals surface area contributed by atoms with E-state index in [0.29, 0.717) is 10.7 Å². The molecule has 0 atom stereocenters. The fourth-order valence-corrected chi connectivity index (χ4v) is 1.80. The van der Waals surface area contributed by atoms with E-state index in [1.807, 2.05) is 0 Å². The lowest BCUT2D eigenvalue weighted by molar-refractivity contribution is -0.141. The van der Waals surface area contributed by atoms with Crippen molar-refractivity contribution in [3.05, 3.63) is 46.2 Å². The lowest BCUT2D eigenvalue weighted by Crippen LogP contribution is -2.09. The summed E-state index contributed by atoms with van der Waals surface area (Å²) in [5.41, 5.74) is -2.96. The van der Waals surface area contributed by atoms with Crippen molar-refractivity contribution < 1.29 is 26.7 Å². The van der Waals surface area contributed by atoms with Crippen LogP contribution in [0.1, 0.15) is 16.1 Å². The Hall–Kier alpha value is -1.96. The van der Waals surface area contributed by atoms with Gasteiger partial charge >= 0.3 is 6.18 Å². The van der Waals surface area contributed by atoms with Crippen LogP contribution in [-0.4, -0.2) is 16.1 Å². The molecule has 0 aliphatic rings. The molecule has 0 saturated heterocycles. The maximum absolute atomic E-state index is 13.5.